The van der Waals surface area contributed by atoms with Crippen molar-refractivity contribution in [3.63, 3.8) is 0 Å². The second-order valence-corrected chi connectivity index (χ2v) is 7.90. The minimum Gasteiger partial charge on any atom is -1.00 e. The molecule has 0 radical (unpaired) electrons. The number of allylic oxidation sites excluding steroid dienone is 2. The Morgan fingerprint density at radius 3 is 1.73 bits per heavy atom. The molecular weight excluding hydrogens is 346 g/mol. The summed E-state index contributed by atoms with van der Waals surface area (Å²) in [7, 11) is 3.56. The molecule has 0 heterocycles. The Balaban J connectivity index is 0. The summed E-state index contributed by atoms with van der Waals surface area (Å²) in [5.41, 5.74) is 0. The number of unbranched alkanes of at least 4 members (excludes halogenated alkanes) is 11. The number of carbonyl (C=O) groups is 1. The lowest BCUT2D eigenvalue weighted by Gasteiger charge is -2.29. The monoisotopic (exact) mass is 389 g/mol. The van der Waals surface area contributed by atoms with Gasteiger partial charge in [0, 0.05) is 6.92 Å². The van der Waals surface area contributed by atoms with E-state index in [-0.39, 0.29) is 22.8 Å². The summed E-state index contributed by atoms with van der Waals surface area (Å²) in [4.78, 5) is 12.0. The van der Waals surface area contributed by atoms with Gasteiger partial charge in [0.25, 0.3) is 0 Å². The lowest BCUT2D eigenvalue weighted by atomic mass is 10.1. The van der Waals surface area contributed by atoms with Crippen LogP contribution in [0.2, 0.25) is 0 Å². The van der Waals surface area contributed by atoms with Gasteiger partial charge in [-0.3, -0.25) is 0 Å². The summed E-state index contributed by atoms with van der Waals surface area (Å²) >= 11 is 0. The van der Waals surface area contributed by atoms with Crippen molar-refractivity contribution >= 4 is 5.91 Å². The summed E-state index contributed by atoms with van der Waals surface area (Å²) in [6, 6.07) is 0. The molecule has 1 atom stereocenters. The van der Waals surface area contributed by atoms with E-state index in [9.17, 15) is 9.90 Å². The van der Waals surface area contributed by atoms with Crippen molar-refractivity contribution in [1.29, 1.82) is 0 Å². The zero-order chi connectivity index (χ0) is 19.0. The van der Waals surface area contributed by atoms with Gasteiger partial charge >= 0.3 is 5.91 Å². The van der Waals surface area contributed by atoms with Crippen LogP contribution in [0.5, 0.6) is 0 Å². The summed E-state index contributed by atoms with van der Waals surface area (Å²) < 4.78 is 0.0728. The zero-order valence-corrected chi connectivity index (χ0v) is 18.6. The van der Waals surface area contributed by atoms with Gasteiger partial charge < -0.3 is 17.5 Å². The molecule has 0 aliphatic heterocycles. The van der Waals surface area contributed by atoms with E-state index in [1.165, 1.54) is 70.6 Å². The van der Waals surface area contributed by atoms with E-state index in [0.29, 0.717) is 6.42 Å². The number of rotatable bonds is 16. The van der Waals surface area contributed by atoms with Crippen molar-refractivity contribution in [3.05, 3.63) is 12.2 Å². The quantitative estimate of drug-likeness (QED) is 0.191. The number of halogens is 1. The predicted octanol–water partition coefficient (Wildman–Crippen LogP) is 2.97. The average molecular weight is 390 g/mol. The van der Waals surface area contributed by atoms with E-state index in [1.807, 2.05) is 0 Å². The van der Waals surface area contributed by atoms with Gasteiger partial charge in [-0.05, 0) is 32.1 Å². The molecule has 26 heavy (non-hydrogen) atoms. The maximum atomic E-state index is 12.0. The summed E-state index contributed by atoms with van der Waals surface area (Å²) in [5, 5.41) is 9.62. The fourth-order valence-electron chi connectivity index (χ4n) is 2.84. The lowest BCUT2D eigenvalue weighted by molar-refractivity contribution is -0.863. The van der Waals surface area contributed by atoms with E-state index in [2.05, 4.69) is 19.1 Å². The first-order valence-electron chi connectivity index (χ1n) is 10.6. The molecule has 4 heteroatoms. The molecule has 0 saturated carbocycles. The van der Waals surface area contributed by atoms with Crippen LogP contribution in [0.25, 0.3) is 0 Å². The van der Waals surface area contributed by atoms with Crippen LogP contribution in [0.15, 0.2) is 12.2 Å². The zero-order valence-electron chi connectivity index (χ0n) is 17.8. The van der Waals surface area contributed by atoms with Gasteiger partial charge in [-0.25, -0.2) is 9.28 Å². The maximum Gasteiger partial charge on any atom is 0.315 e. The molecule has 3 nitrogen and oxygen atoms in total. The molecule has 0 aliphatic carbocycles. The van der Waals surface area contributed by atoms with Gasteiger partial charge in [-0.1, -0.05) is 70.4 Å². The van der Waals surface area contributed by atoms with Gasteiger partial charge in [0.2, 0.25) is 0 Å². The van der Waals surface area contributed by atoms with Crippen LogP contribution in [0, 0.1) is 0 Å². The molecule has 0 aromatic rings. The molecule has 1 N–H and O–H groups in total. The first kappa shape index (κ1) is 27.8. The smallest absolute Gasteiger partial charge is 0.315 e. The Labute approximate surface area is 169 Å². The first-order chi connectivity index (χ1) is 11.9. The molecule has 0 spiro atoms. The van der Waals surface area contributed by atoms with Crippen LogP contribution < -0.4 is 12.4 Å². The number of hydrogen-bond donors (Lipinski definition) is 1. The lowest BCUT2D eigenvalue weighted by Crippen LogP contribution is -3.00. The highest BCUT2D eigenvalue weighted by Gasteiger charge is 2.30. The van der Waals surface area contributed by atoms with Gasteiger partial charge in [0.1, 0.15) is 0 Å². The molecule has 0 rings (SSSR count). The summed E-state index contributed by atoms with van der Waals surface area (Å²) in [6.07, 6.45) is 21.1. The van der Waals surface area contributed by atoms with Crippen LogP contribution in [0.3, 0.4) is 0 Å². The standard InChI is InChI=1S/C22H44NO2.ClH/c1-5-6-7-8-9-10-11-12-13-14-15-16-17-18-19-20-22(25)23(3,4)21(2)24;/h12-13,21,24H,5-11,14-20H2,1-4H3;1H/q+1;/p-1. The van der Waals surface area contributed by atoms with Crippen molar-refractivity contribution in [2.75, 3.05) is 14.1 Å². The molecule has 0 bridgehead atoms. The molecule has 0 saturated heterocycles. The van der Waals surface area contributed by atoms with E-state index in [4.69, 9.17) is 0 Å². The molecule has 1 amide bonds. The van der Waals surface area contributed by atoms with Crippen molar-refractivity contribution in [3.8, 4) is 0 Å². The molecule has 156 valence electrons. The fourth-order valence-corrected chi connectivity index (χ4v) is 2.84. The van der Waals surface area contributed by atoms with Gasteiger partial charge in [-0.15, -0.1) is 0 Å². The Morgan fingerprint density at radius 2 is 1.27 bits per heavy atom. The van der Waals surface area contributed by atoms with Crippen LogP contribution in [-0.2, 0) is 4.79 Å². The maximum absolute atomic E-state index is 12.0. The van der Waals surface area contributed by atoms with Crippen molar-refractivity contribution < 1.29 is 26.8 Å². The van der Waals surface area contributed by atoms with Gasteiger partial charge in [-0.2, -0.15) is 0 Å². The van der Waals surface area contributed by atoms with Crippen LogP contribution in [0.1, 0.15) is 104 Å². The van der Waals surface area contributed by atoms with E-state index in [0.717, 1.165) is 12.8 Å². The second kappa shape index (κ2) is 18.0. The average Bonchev–Trinajstić information content (AvgIpc) is 2.57. The minimum atomic E-state index is -0.629. The molecule has 0 fully saturated rings. The van der Waals surface area contributed by atoms with Gasteiger partial charge in [0.15, 0.2) is 6.23 Å². The number of carbonyl (C=O) groups excluding carboxylic acids is 1. The topological polar surface area (TPSA) is 37.3 Å². The summed E-state index contributed by atoms with van der Waals surface area (Å²) in [6.45, 7) is 3.94. The van der Waals surface area contributed by atoms with E-state index in [1.54, 1.807) is 21.0 Å². The van der Waals surface area contributed by atoms with Crippen molar-refractivity contribution in [2.24, 2.45) is 0 Å². The van der Waals surface area contributed by atoms with E-state index < -0.39 is 6.23 Å². The third-order valence-electron chi connectivity index (χ3n) is 5.23. The number of amides is 1. The third kappa shape index (κ3) is 14.8. The Kier molecular flexibility index (Phi) is 19.3. The number of aliphatic hydroxyl groups excluding tert-OH is 1. The highest BCUT2D eigenvalue weighted by molar-refractivity contribution is 5.68. The Hall–Kier alpha value is -0.380. The molecule has 1 unspecified atom stereocenters. The highest BCUT2D eigenvalue weighted by atomic mass is 35.5. The van der Waals surface area contributed by atoms with Gasteiger partial charge in [0.05, 0.1) is 20.5 Å². The fraction of sp³-hybridized carbons (Fsp3) is 0.864. The number of nitrogens with zero attached hydrogens (tertiary/aromatic N) is 1. The summed E-state index contributed by atoms with van der Waals surface area (Å²) in [5.74, 6) is 0.132. The normalized spacial score (nSPS) is 13.0. The van der Waals surface area contributed by atoms with Crippen molar-refractivity contribution in [2.45, 2.75) is 110 Å². The Bertz CT molecular complexity index is 354. The van der Waals surface area contributed by atoms with Crippen LogP contribution >= 0.6 is 0 Å². The molecular formula is C22H44ClNO2. The molecule has 0 aromatic carbocycles. The van der Waals surface area contributed by atoms with Crippen molar-refractivity contribution in [1.82, 2.24) is 0 Å². The number of aliphatic hydroxyl groups is 1. The SMILES string of the molecule is CCCCCCCCC=CCCCCCCCC(=O)[N+](C)(C)C(C)O.[Cl-]. The van der Waals surface area contributed by atoms with Crippen LogP contribution in [-0.4, -0.2) is 35.8 Å². The molecule has 0 aromatic heterocycles. The third-order valence-corrected chi connectivity index (χ3v) is 5.23. The predicted molar refractivity (Wildman–Crippen MR) is 108 cm³/mol. The highest BCUT2D eigenvalue weighted by Crippen LogP contribution is 2.13. The second-order valence-electron chi connectivity index (χ2n) is 7.90. The van der Waals surface area contributed by atoms with Crippen LogP contribution in [0.4, 0.5) is 0 Å². The largest absolute Gasteiger partial charge is 1.00 e. The number of quaternary nitrogens is 1. The minimum absolute atomic E-state index is 0. The van der Waals surface area contributed by atoms with E-state index >= 15 is 0 Å². The number of hydrogen-bond acceptors (Lipinski definition) is 2. The Morgan fingerprint density at radius 1 is 0.846 bits per heavy atom. The molecule has 0 aliphatic rings. The first-order valence-corrected chi connectivity index (χ1v) is 10.6.